The van der Waals surface area contributed by atoms with Crippen molar-refractivity contribution >= 4 is 17.2 Å². The highest BCUT2D eigenvalue weighted by Crippen LogP contribution is 2.38. The molecular weight excluding hydrogens is 355 g/mol. The van der Waals surface area contributed by atoms with Gasteiger partial charge in [-0.2, -0.15) is 10.2 Å². The average molecular weight is 376 g/mol. The van der Waals surface area contributed by atoms with Crippen molar-refractivity contribution in [3.05, 3.63) is 54.5 Å². The normalized spacial score (nSPS) is 14.8. The Morgan fingerprint density at radius 2 is 1.89 bits per heavy atom. The maximum absolute atomic E-state index is 13.5. The number of anilines is 2. The van der Waals surface area contributed by atoms with E-state index >= 15 is 0 Å². The van der Waals surface area contributed by atoms with Gasteiger partial charge >= 0.3 is 0 Å². The first-order chi connectivity index (χ1) is 13.7. The molecule has 7 heteroatoms. The number of hydrogen-bond donors (Lipinski definition) is 3. The summed E-state index contributed by atoms with van der Waals surface area (Å²) in [5, 5.41) is 15.4. The molecule has 0 aliphatic heterocycles. The van der Waals surface area contributed by atoms with Crippen LogP contribution in [0.2, 0.25) is 0 Å². The molecular formula is C21H21FN6. The highest BCUT2D eigenvalue weighted by Gasteiger charge is 2.22. The van der Waals surface area contributed by atoms with Crippen molar-refractivity contribution in [3.63, 3.8) is 0 Å². The number of nitrogens with one attached hydrogen (secondary N) is 2. The lowest BCUT2D eigenvalue weighted by Crippen LogP contribution is -2.16. The van der Waals surface area contributed by atoms with Gasteiger partial charge in [0.1, 0.15) is 23.1 Å². The Morgan fingerprint density at radius 1 is 1.11 bits per heavy atom. The summed E-state index contributed by atoms with van der Waals surface area (Å²) >= 11 is 0. The second-order valence-corrected chi connectivity index (χ2v) is 7.26. The molecule has 0 amide bonds. The van der Waals surface area contributed by atoms with Crippen LogP contribution in [-0.2, 0) is 0 Å². The second kappa shape index (κ2) is 6.67. The summed E-state index contributed by atoms with van der Waals surface area (Å²) in [6.07, 6.45) is 6.55. The Labute approximate surface area is 161 Å². The zero-order valence-corrected chi connectivity index (χ0v) is 15.3. The predicted molar refractivity (Wildman–Crippen MR) is 108 cm³/mol. The van der Waals surface area contributed by atoms with Gasteiger partial charge in [-0.25, -0.2) is 8.91 Å². The lowest BCUT2D eigenvalue weighted by molar-refractivity contribution is 0.628. The first-order valence-corrected chi connectivity index (χ1v) is 9.54. The first kappa shape index (κ1) is 16.8. The third-order valence-electron chi connectivity index (χ3n) is 5.42. The van der Waals surface area contributed by atoms with Gasteiger partial charge in [-0.05, 0) is 49.2 Å². The predicted octanol–water partition coefficient (Wildman–Crippen LogP) is 4.47. The number of fused-ring (bicyclic) bond motifs is 1. The van der Waals surface area contributed by atoms with Gasteiger partial charge in [0.2, 0.25) is 0 Å². The number of aromatic amines is 1. The van der Waals surface area contributed by atoms with Crippen LogP contribution in [0.1, 0.15) is 25.7 Å². The molecule has 0 radical (unpaired) electrons. The van der Waals surface area contributed by atoms with Gasteiger partial charge in [-0.15, -0.1) is 0 Å². The van der Waals surface area contributed by atoms with Crippen LogP contribution in [0.5, 0.6) is 0 Å². The summed E-state index contributed by atoms with van der Waals surface area (Å²) in [5.74, 6) is 1.15. The lowest BCUT2D eigenvalue weighted by atomic mass is 10.0. The Morgan fingerprint density at radius 3 is 2.61 bits per heavy atom. The summed E-state index contributed by atoms with van der Waals surface area (Å²) in [6.45, 7) is 0. The van der Waals surface area contributed by atoms with Gasteiger partial charge in [0.15, 0.2) is 0 Å². The molecule has 1 saturated carbocycles. The van der Waals surface area contributed by atoms with Crippen molar-refractivity contribution in [2.24, 2.45) is 0 Å². The molecule has 5 rings (SSSR count). The average Bonchev–Trinajstić information content (AvgIpc) is 3.42. The van der Waals surface area contributed by atoms with Gasteiger partial charge in [-0.3, -0.25) is 5.10 Å². The smallest absolute Gasteiger partial charge is 0.128 e. The van der Waals surface area contributed by atoms with Gasteiger partial charge in [0.05, 0.1) is 11.7 Å². The third-order valence-corrected chi connectivity index (χ3v) is 5.42. The van der Waals surface area contributed by atoms with Crippen LogP contribution in [0.3, 0.4) is 0 Å². The quantitative estimate of drug-likeness (QED) is 0.491. The van der Waals surface area contributed by atoms with E-state index in [-0.39, 0.29) is 5.82 Å². The minimum atomic E-state index is -0.277. The SMILES string of the molecule is Nc1[nH]ncc1-c1c(-c2ccc(F)cc2)nn2c(NC3CCCC3)cccc12. The Bertz CT molecular complexity index is 1120. The topological polar surface area (TPSA) is 84.0 Å². The molecule has 1 aliphatic rings. The number of benzene rings is 1. The molecule has 0 spiro atoms. The second-order valence-electron chi connectivity index (χ2n) is 7.26. The van der Waals surface area contributed by atoms with E-state index in [0.29, 0.717) is 11.9 Å². The number of nitrogen functional groups attached to an aromatic ring is 1. The molecule has 0 bridgehead atoms. The maximum Gasteiger partial charge on any atom is 0.128 e. The molecule has 4 N–H and O–H groups in total. The lowest BCUT2D eigenvalue weighted by Gasteiger charge is -2.14. The van der Waals surface area contributed by atoms with E-state index in [1.54, 1.807) is 18.3 Å². The highest BCUT2D eigenvalue weighted by atomic mass is 19.1. The number of nitrogens with zero attached hydrogens (tertiary/aromatic N) is 3. The molecule has 1 aliphatic carbocycles. The van der Waals surface area contributed by atoms with E-state index in [2.05, 4.69) is 15.5 Å². The van der Waals surface area contributed by atoms with Crippen LogP contribution in [0.15, 0.2) is 48.7 Å². The van der Waals surface area contributed by atoms with E-state index < -0.39 is 0 Å². The Kier molecular flexibility index (Phi) is 4.00. The fourth-order valence-electron chi connectivity index (χ4n) is 4.03. The summed E-state index contributed by atoms with van der Waals surface area (Å²) in [6, 6.07) is 12.9. The Hall–Kier alpha value is -3.35. The summed E-state index contributed by atoms with van der Waals surface area (Å²) in [5.41, 5.74) is 10.3. The van der Waals surface area contributed by atoms with Gasteiger partial charge < -0.3 is 11.1 Å². The van der Waals surface area contributed by atoms with Crippen molar-refractivity contribution in [1.82, 2.24) is 19.8 Å². The minimum absolute atomic E-state index is 0.277. The maximum atomic E-state index is 13.5. The fourth-order valence-corrected chi connectivity index (χ4v) is 4.03. The van der Waals surface area contributed by atoms with Crippen molar-refractivity contribution < 1.29 is 4.39 Å². The van der Waals surface area contributed by atoms with Crippen molar-refractivity contribution in [1.29, 1.82) is 0 Å². The van der Waals surface area contributed by atoms with Crippen molar-refractivity contribution in [3.8, 4) is 22.4 Å². The van der Waals surface area contributed by atoms with Crippen LogP contribution in [-0.4, -0.2) is 25.9 Å². The molecule has 0 atom stereocenters. The molecule has 0 saturated heterocycles. The molecule has 3 aromatic heterocycles. The standard InChI is InChI=1S/C21H21FN6/c22-14-10-8-13(9-11-14)20-19(16-12-24-26-21(16)23)17-6-3-7-18(28(17)27-20)25-15-4-1-2-5-15/h3,6-12,15,25H,1-2,4-5H2,(H3,23,24,26). The molecule has 1 fully saturated rings. The largest absolute Gasteiger partial charge is 0.384 e. The first-order valence-electron chi connectivity index (χ1n) is 9.54. The fraction of sp³-hybridized carbons (Fsp3) is 0.238. The molecule has 28 heavy (non-hydrogen) atoms. The number of pyridine rings is 1. The molecule has 0 unspecified atom stereocenters. The number of H-pyrrole nitrogens is 1. The summed E-state index contributed by atoms with van der Waals surface area (Å²) in [4.78, 5) is 0. The number of hydrogen-bond acceptors (Lipinski definition) is 4. The van der Waals surface area contributed by atoms with E-state index in [9.17, 15) is 4.39 Å². The van der Waals surface area contributed by atoms with Crippen LogP contribution in [0, 0.1) is 5.82 Å². The van der Waals surface area contributed by atoms with Crippen molar-refractivity contribution in [2.75, 3.05) is 11.1 Å². The molecule has 6 nitrogen and oxygen atoms in total. The van der Waals surface area contributed by atoms with Crippen LogP contribution in [0.4, 0.5) is 16.0 Å². The Balaban J connectivity index is 1.73. The van der Waals surface area contributed by atoms with E-state index in [1.807, 2.05) is 22.7 Å². The molecule has 1 aromatic carbocycles. The third kappa shape index (κ3) is 2.79. The zero-order chi connectivity index (χ0) is 19.1. The van der Waals surface area contributed by atoms with Gasteiger partial charge in [0, 0.05) is 22.7 Å². The van der Waals surface area contributed by atoms with E-state index in [1.165, 1.54) is 37.8 Å². The van der Waals surface area contributed by atoms with Crippen LogP contribution < -0.4 is 11.1 Å². The minimum Gasteiger partial charge on any atom is -0.384 e. The van der Waals surface area contributed by atoms with E-state index in [0.717, 1.165) is 33.7 Å². The molecule has 4 aromatic rings. The number of aromatic nitrogens is 4. The molecule has 142 valence electrons. The summed E-state index contributed by atoms with van der Waals surface area (Å²) < 4.78 is 15.4. The summed E-state index contributed by atoms with van der Waals surface area (Å²) in [7, 11) is 0. The number of nitrogens with two attached hydrogens (primary N) is 1. The van der Waals surface area contributed by atoms with Crippen LogP contribution >= 0.6 is 0 Å². The number of rotatable bonds is 4. The molecule has 3 heterocycles. The van der Waals surface area contributed by atoms with E-state index in [4.69, 9.17) is 10.8 Å². The monoisotopic (exact) mass is 376 g/mol. The van der Waals surface area contributed by atoms with Crippen molar-refractivity contribution in [2.45, 2.75) is 31.7 Å². The van der Waals surface area contributed by atoms with Gasteiger partial charge in [-0.1, -0.05) is 18.9 Å². The van der Waals surface area contributed by atoms with Crippen LogP contribution in [0.25, 0.3) is 27.9 Å². The highest BCUT2D eigenvalue weighted by molar-refractivity contribution is 5.95. The zero-order valence-electron chi connectivity index (χ0n) is 15.3. The number of halogens is 1. The van der Waals surface area contributed by atoms with Gasteiger partial charge in [0.25, 0.3) is 0 Å².